The van der Waals surface area contributed by atoms with E-state index in [1.54, 1.807) is 23.5 Å². The fourth-order valence-corrected chi connectivity index (χ4v) is 9.50. The van der Waals surface area contributed by atoms with Crippen LogP contribution in [0.2, 0.25) is 0 Å². The molecule has 1 unspecified atom stereocenters. The molecule has 0 bridgehead atoms. The SMILES string of the molecule is CC[C@H]1O[C@@H]2SC(N(C)C)=N[C@@H]2[C@@H](OCc2ccccc2)[C@@H]1C.CSC(=S)OC(C)[C@H]1O[C@@H]2SC(N(C)C)=N[C@@H]2[C@@H](OCc2ccccc2)[C@@H]1C. The molecule has 4 aliphatic rings. The van der Waals surface area contributed by atoms with Crippen molar-refractivity contribution < 1.29 is 23.7 Å². The summed E-state index contributed by atoms with van der Waals surface area (Å²) in [6.07, 6.45) is 2.95. The maximum absolute atomic E-state index is 6.44. The summed E-state index contributed by atoms with van der Waals surface area (Å²) < 4.78 is 31.9. The van der Waals surface area contributed by atoms with Crippen molar-refractivity contribution in [2.24, 2.45) is 21.8 Å². The van der Waals surface area contributed by atoms with E-state index in [2.05, 4.69) is 62.1 Å². The second-order valence-electron chi connectivity index (χ2n) is 13.8. The third-order valence-electron chi connectivity index (χ3n) is 9.58. The summed E-state index contributed by atoms with van der Waals surface area (Å²) in [6, 6.07) is 20.7. The lowest BCUT2D eigenvalue weighted by Crippen LogP contribution is -2.55. The van der Waals surface area contributed by atoms with Gasteiger partial charge in [0.15, 0.2) is 10.3 Å². The van der Waals surface area contributed by atoms with Crippen molar-refractivity contribution in [3.05, 3.63) is 71.8 Å². The number of hydrogen-bond acceptors (Lipinski definition) is 13. The number of benzene rings is 2. The van der Waals surface area contributed by atoms with Gasteiger partial charge in [0.1, 0.15) is 35.2 Å². The number of thiocarbonyl (C=S) groups is 1. The average Bonchev–Trinajstić information content (AvgIpc) is 3.76. The summed E-state index contributed by atoms with van der Waals surface area (Å²) in [5, 5.41) is 2.02. The van der Waals surface area contributed by atoms with Gasteiger partial charge in [-0.25, -0.2) is 0 Å². The first-order valence-electron chi connectivity index (χ1n) is 17.7. The molecule has 2 aromatic carbocycles. The van der Waals surface area contributed by atoms with Crippen LogP contribution in [0.5, 0.6) is 0 Å². The lowest BCUT2D eigenvalue weighted by molar-refractivity contribution is -0.162. The Kier molecular flexibility index (Phi) is 15.0. The quantitative estimate of drug-likeness (QED) is 0.240. The van der Waals surface area contributed by atoms with Gasteiger partial charge in [-0.05, 0) is 42.9 Å². The number of rotatable bonds is 9. The Morgan fingerprint density at radius 3 is 1.73 bits per heavy atom. The molecule has 0 radical (unpaired) electrons. The van der Waals surface area contributed by atoms with Crippen LogP contribution < -0.4 is 0 Å². The van der Waals surface area contributed by atoms with E-state index in [9.17, 15) is 0 Å². The summed E-state index contributed by atoms with van der Waals surface area (Å²) in [4.78, 5) is 13.9. The minimum absolute atomic E-state index is 0.0305. The van der Waals surface area contributed by atoms with Crippen LogP contribution in [0.15, 0.2) is 70.6 Å². The third-order valence-corrected chi connectivity index (χ3v) is 13.2. The highest BCUT2D eigenvalue weighted by atomic mass is 32.2. The highest BCUT2D eigenvalue weighted by molar-refractivity contribution is 8.22. The van der Waals surface area contributed by atoms with Crippen molar-refractivity contribution in [3.8, 4) is 0 Å². The lowest BCUT2D eigenvalue weighted by atomic mass is 9.87. The molecule has 0 saturated carbocycles. The Labute approximate surface area is 323 Å². The summed E-state index contributed by atoms with van der Waals surface area (Å²) in [5.74, 6) is 0.464. The Morgan fingerprint density at radius 2 is 1.27 bits per heavy atom. The lowest BCUT2D eigenvalue weighted by Gasteiger charge is -2.43. The molecular weight excluding hydrogens is 721 g/mol. The summed E-state index contributed by atoms with van der Waals surface area (Å²) in [6.45, 7) is 9.78. The molecule has 13 heteroatoms. The molecular formula is C38H54N4O5S4. The van der Waals surface area contributed by atoms with Crippen molar-refractivity contribution in [2.75, 3.05) is 34.4 Å². The molecule has 51 heavy (non-hydrogen) atoms. The maximum atomic E-state index is 6.44. The Hall–Kier alpha value is -1.84. The zero-order valence-corrected chi connectivity index (χ0v) is 34.5. The van der Waals surface area contributed by atoms with Gasteiger partial charge in [0.2, 0.25) is 4.38 Å². The standard InChI is InChI=1S/C20H28N2O3S3.C18H26N2O2S/c1-12-16(13(2)24-20(26)27-5)25-18-15(21-19(28-18)22(3)4)17(12)23-11-14-9-7-6-8-10-14;1-5-14-12(2)16(21-11-13-9-7-6-8-10-13)15-17(22-14)23-18(19-15)20(3)4/h6-10,12-13,15-18H,11H2,1-5H3;6-10,12,14-17H,5,11H2,1-4H3/t12-,13?,15-,16+,17+,18-;12-,14-,15-,16+,17-/m11/s1. The van der Waals surface area contributed by atoms with Crippen molar-refractivity contribution in [1.29, 1.82) is 0 Å². The Morgan fingerprint density at radius 1 is 0.804 bits per heavy atom. The topological polar surface area (TPSA) is 77.4 Å². The minimum Gasteiger partial charge on any atom is -0.473 e. The van der Waals surface area contributed by atoms with Gasteiger partial charge >= 0.3 is 0 Å². The molecule has 280 valence electrons. The molecule has 2 fully saturated rings. The predicted molar refractivity (Wildman–Crippen MR) is 218 cm³/mol. The number of nitrogens with zero attached hydrogens (tertiary/aromatic N) is 4. The van der Waals surface area contributed by atoms with E-state index in [-0.39, 0.29) is 59.4 Å². The van der Waals surface area contributed by atoms with E-state index in [4.69, 9.17) is 45.9 Å². The van der Waals surface area contributed by atoms with E-state index < -0.39 is 0 Å². The van der Waals surface area contributed by atoms with Crippen molar-refractivity contribution in [2.45, 2.75) is 101 Å². The molecule has 0 spiro atoms. The number of aliphatic imine (C=N–C) groups is 2. The first-order chi connectivity index (χ1) is 24.5. The average molecular weight is 775 g/mol. The zero-order chi connectivity index (χ0) is 36.7. The van der Waals surface area contributed by atoms with Crippen LogP contribution in [-0.4, -0.2) is 112 Å². The number of thioether (sulfide) groups is 3. The monoisotopic (exact) mass is 774 g/mol. The molecule has 0 aromatic heterocycles. The zero-order valence-electron chi connectivity index (χ0n) is 31.2. The molecule has 4 heterocycles. The van der Waals surface area contributed by atoms with Gasteiger partial charge in [-0.3, -0.25) is 9.98 Å². The van der Waals surface area contributed by atoms with Crippen LogP contribution in [0.25, 0.3) is 0 Å². The number of hydrogen-bond donors (Lipinski definition) is 0. The molecule has 0 N–H and O–H groups in total. The molecule has 2 aromatic rings. The first kappa shape index (κ1) is 40.3. The van der Waals surface area contributed by atoms with Crippen LogP contribution in [0.4, 0.5) is 0 Å². The number of fused-ring (bicyclic) bond motifs is 2. The second-order valence-corrected chi connectivity index (χ2v) is 17.3. The fourth-order valence-electron chi connectivity index (χ4n) is 6.80. The minimum atomic E-state index is -0.150. The van der Waals surface area contributed by atoms with Crippen LogP contribution in [-0.2, 0) is 36.9 Å². The van der Waals surface area contributed by atoms with Crippen LogP contribution >= 0.6 is 47.5 Å². The van der Waals surface area contributed by atoms with Crippen LogP contribution in [0.3, 0.4) is 0 Å². The van der Waals surface area contributed by atoms with E-state index in [1.165, 1.54) is 17.3 Å². The first-order valence-corrected chi connectivity index (χ1v) is 21.1. The van der Waals surface area contributed by atoms with Crippen molar-refractivity contribution in [3.63, 3.8) is 0 Å². The van der Waals surface area contributed by atoms with Crippen molar-refractivity contribution in [1.82, 2.24) is 9.80 Å². The molecule has 0 aliphatic carbocycles. The summed E-state index contributed by atoms with van der Waals surface area (Å²) >= 11 is 10.1. The van der Waals surface area contributed by atoms with Gasteiger partial charge < -0.3 is 33.5 Å². The Balaban J connectivity index is 0.000000201. The van der Waals surface area contributed by atoms with Gasteiger partial charge in [-0.15, -0.1) is 0 Å². The van der Waals surface area contributed by atoms with Gasteiger partial charge in [0.25, 0.3) is 0 Å². The second kappa shape index (κ2) is 19.0. The normalized spacial score (nSPS) is 31.6. The maximum Gasteiger partial charge on any atom is 0.220 e. The third kappa shape index (κ3) is 10.2. The fraction of sp³-hybridized carbons (Fsp3) is 0.605. The Bertz CT molecular complexity index is 1470. The van der Waals surface area contributed by atoms with E-state index in [0.717, 1.165) is 22.3 Å². The molecule has 11 atom stereocenters. The largest absolute Gasteiger partial charge is 0.473 e. The van der Waals surface area contributed by atoms with Gasteiger partial charge in [0.05, 0.1) is 31.5 Å². The van der Waals surface area contributed by atoms with Gasteiger partial charge in [-0.2, -0.15) is 0 Å². The van der Waals surface area contributed by atoms with Crippen LogP contribution in [0.1, 0.15) is 45.2 Å². The van der Waals surface area contributed by atoms with Gasteiger partial charge in [-0.1, -0.05) is 117 Å². The number of amidine groups is 2. The highest BCUT2D eigenvalue weighted by Gasteiger charge is 2.51. The molecule has 9 nitrogen and oxygen atoms in total. The van der Waals surface area contributed by atoms with Gasteiger partial charge in [0, 0.05) is 40.0 Å². The molecule has 4 aliphatic heterocycles. The highest BCUT2D eigenvalue weighted by Crippen LogP contribution is 2.43. The molecule has 6 rings (SSSR count). The van der Waals surface area contributed by atoms with E-state index >= 15 is 0 Å². The summed E-state index contributed by atoms with van der Waals surface area (Å²) in [5.41, 5.74) is 2.37. The van der Waals surface area contributed by atoms with E-state index in [0.29, 0.717) is 23.5 Å². The summed E-state index contributed by atoms with van der Waals surface area (Å²) in [7, 11) is 8.08. The molecule has 2 saturated heterocycles. The number of ether oxygens (including phenoxy) is 5. The predicted octanol–water partition coefficient (Wildman–Crippen LogP) is 7.39. The van der Waals surface area contributed by atoms with Crippen molar-refractivity contribution >= 4 is 62.2 Å². The van der Waals surface area contributed by atoms with E-state index in [1.807, 2.05) is 70.5 Å². The smallest absolute Gasteiger partial charge is 0.220 e. The van der Waals surface area contributed by atoms with Crippen LogP contribution in [0, 0.1) is 11.8 Å². The molecule has 0 amide bonds.